The Balaban J connectivity index is 1.57. The van der Waals surface area contributed by atoms with E-state index in [1.165, 1.54) is 0 Å². The normalized spacial score (nSPS) is 17.1. The van der Waals surface area contributed by atoms with Gasteiger partial charge in [-0.05, 0) is 37.1 Å². The maximum absolute atomic E-state index is 5.73. The van der Waals surface area contributed by atoms with Gasteiger partial charge < -0.3 is 14.8 Å². The number of fused-ring (bicyclic) bond motifs is 1. The van der Waals surface area contributed by atoms with Crippen molar-refractivity contribution in [2.24, 2.45) is 5.92 Å². The van der Waals surface area contributed by atoms with Crippen LogP contribution in [0.3, 0.4) is 0 Å². The van der Waals surface area contributed by atoms with Crippen LogP contribution in [0.15, 0.2) is 48.8 Å². The van der Waals surface area contributed by atoms with Crippen molar-refractivity contribution in [2.75, 3.05) is 25.1 Å². The smallest absolute Gasteiger partial charge is 0.166 e. The van der Waals surface area contributed by atoms with Crippen molar-refractivity contribution in [2.45, 2.75) is 26.1 Å². The molecule has 0 spiro atoms. The van der Waals surface area contributed by atoms with E-state index >= 15 is 0 Å². The molecule has 1 aromatic carbocycles. The molecule has 1 atom stereocenters. The summed E-state index contributed by atoms with van der Waals surface area (Å²) in [6.07, 6.45) is 4.34. The highest BCUT2D eigenvalue weighted by Crippen LogP contribution is 2.28. The van der Waals surface area contributed by atoms with E-state index in [2.05, 4.69) is 17.2 Å². The van der Waals surface area contributed by atoms with E-state index in [0.717, 1.165) is 35.2 Å². The van der Waals surface area contributed by atoms with Gasteiger partial charge in [0.2, 0.25) is 0 Å². The lowest BCUT2D eigenvalue weighted by Crippen LogP contribution is -2.30. The molecule has 1 saturated heterocycles. The first-order valence-corrected chi connectivity index (χ1v) is 9.32. The largest absolute Gasteiger partial charge is 0.369 e. The molecule has 140 valence electrons. The molecule has 0 bridgehead atoms. The topological polar surface area (TPSA) is 69.2 Å². The van der Waals surface area contributed by atoms with Crippen LogP contribution in [0.4, 0.5) is 5.82 Å². The molecule has 4 rings (SSSR count). The molecule has 0 saturated carbocycles. The lowest BCUT2D eigenvalue weighted by molar-refractivity contribution is -0.153. The number of para-hydroxylation sites is 1. The molecular formula is C21H24N4O2. The molecule has 0 radical (unpaired) electrons. The Bertz CT molecular complexity index is 910. The highest BCUT2D eigenvalue weighted by Gasteiger charge is 2.32. The van der Waals surface area contributed by atoms with E-state index in [1.807, 2.05) is 43.3 Å². The third-order valence-corrected chi connectivity index (χ3v) is 4.78. The van der Waals surface area contributed by atoms with E-state index in [9.17, 15) is 0 Å². The van der Waals surface area contributed by atoms with Crippen molar-refractivity contribution in [1.82, 2.24) is 15.0 Å². The van der Waals surface area contributed by atoms with Crippen molar-refractivity contribution in [3.05, 3.63) is 48.8 Å². The van der Waals surface area contributed by atoms with Gasteiger partial charge >= 0.3 is 0 Å². The van der Waals surface area contributed by atoms with Crippen LogP contribution in [-0.2, 0) is 9.47 Å². The Kier molecular flexibility index (Phi) is 5.01. The van der Waals surface area contributed by atoms with Crippen LogP contribution in [0.25, 0.3) is 22.3 Å². The average Bonchev–Trinajstić information content (AvgIpc) is 3.12. The number of rotatable bonds is 6. The molecule has 1 unspecified atom stereocenters. The fourth-order valence-corrected chi connectivity index (χ4v) is 3.49. The summed E-state index contributed by atoms with van der Waals surface area (Å²) in [6.45, 7) is 6.32. The minimum absolute atomic E-state index is 0.367. The molecule has 2 aromatic heterocycles. The van der Waals surface area contributed by atoms with Gasteiger partial charge in [0, 0.05) is 36.3 Å². The fourth-order valence-electron chi connectivity index (χ4n) is 3.49. The molecule has 3 heterocycles. The van der Waals surface area contributed by atoms with E-state index < -0.39 is 5.79 Å². The van der Waals surface area contributed by atoms with Gasteiger partial charge in [-0.25, -0.2) is 9.97 Å². The molecule has 1 aliphatic rings. The summed E-state index contributed by atoms with van der Waals surface area (Å²) >= 11 is 0. The first-order valence-electron chi connectivity index (χ1n) is 9.32. The highest BCUT2D eigenvalue weighted by molar-refractivity contribution is 5.90. The molecule has 27 heavy (non-hydrogen) atoms. The second-order valence-corrected chi connectivity index (χ2v) is 7.17. The SMILES string of the molecule is CC(CNc1nc(-c2ccncc2)nc2ccccc12)CC1(C)OCCO1. The van der Waals surface area contributed by atoms with Crippen LogP contribution in [-0.4, -0.2) is 40.5 Å². The number of hydrogen-bond acceptors (Lipinski definition) is 6. The van der Waals surface area contributed by atoms with Gasteiger partial charge in [-0.15, -0.1) is 0 Å². The van der Waals surface area contributed by atoms with Crippen LogP contribution < -0.4 is 5.32 Å². The summed E-state index contributed by atoms with van der Waals surface area (Å²) in [5.74, 6) is 1.43. The van der Waals surface area contributed by atoms with Crippen LogP contribution in [0.1, 0.15) is 20.3 Å². The highest BCUT2D eigenvalue weighted by atomic mass is 16.7. The summed E-state index contributed by atoms with van der Waals surface area (Å²) in [4.78, 5) is 13.6. The quantitative estimate of drug-likeness (QED) is 0.715. The van der Waals surface area contributed by atoms with Gasteiger partial charge in [-0.2, -0.15) is 0 Å². The zero-order valence-corrected chi connectivity index (χ0v) is 15.7. The fraction of sp³-hybridized carbons (Fsp3) is 0.381. The molecular weight excluding hydrogens is 340 g/mol. The number of aromatic nitrogens is 3. The zero-order valence-electron chi connectivity index (χ0n) is 15.7. The average molecular weight is 364 g/mol. The van der Waals surface area contributed by atoms with E-state index in [-0.39, 0.29) is 0 Å². The zero-order chi connectivity index (χ0) is 18.7. The molecule has 1 fully saturated rings. The van der Waals surface area contributed by atoms with Crippen LogP contribution in [0, 0.1) is 5.92 Å². The van der Waals surface area contributed by atoms with Gasteiger partial charge in [0.25, 0.3) is 0 Å². The lowest BCUT2D eigenvalue weighted by atomic mass is 10.0. The number of hydrogen-bond donors (Lipinski definition) is 1. The number of pyridine rings is 1. The Morgan fingerprint density at radius 1 is 1.07 bits per heavy atom. The molecule has 0 amide bonds. The van der Waals surface area contributed by atoms with Gasteiger partial charge in [0.1, 0.15) is 5.82 Å². The van der Waals surface area contributed by atoms with E-state index in [0.29, 0.717) is 25.0 Å². The molecule has 6 heteroatoms. The molecule has 1 aliphatic heterocycles. The monoisotopic (exact) mass is 364 g/mol. The Morgan fingerprint density at radius 2 is 1.81 bits per heavy atom. The van der Waals surface area contributed by atoms with Gasteiger partial charge in [0.15, 0.2) is 11.6 Å². The first-order chi connectivity index (χ1) is 13.1. The van der Waals surface area contributed by atoms with E-state index in [4.69, 9.17) is 19.4 Å². The summed E-state index contributed by atoms with van der Waals surface area (Å²) in [5, 5.41) is 4.53. The van der Waals surface area contributed by atoms with Crippen molar-refractivity contribution < 1.29 is 9.47 Å². The first kappa shape index (κ1) is 17.8. The second-order valence-electron chi connectivity index (χ2n) is 7.17. The Hall–Kier alpha value is -2.57. The summed E-state index contributed by atoms with van der Waals surface area (Å²) in [5.41, 5.74) is 1.87. The van der Waals surface area contributed by atoms with Crippen molar-refractivity contribution in [3.63, 3.8) is 0 Å². The summed E-state index contributed by atoms with van der Waals surface area (Å²) in [6, 6.07) is 11.9. The number of nitrogens with one attached hydrogen (secondary N) is 1. The maximum atomic E-state index is 5.73. The summed E-state index contributed by atoms with van der Waals surface area (Å²) in [7, 11) is 0. The predicted molar refractivity (Wildman–Crippen MR) is 105 cm³/mol. The number of ether oxygens (including phenoxy) is 2. The minimum Gasteiger partial charge on any atom is -0.369 e. The Labute approximate surface area is 159 Å². The standard InChI is InChI=1S/C21H24N4O2/c1-15(13-21(2)26-11-12-27-21)14-23-20-17-5-3-4-6-18(17)24-19(25-20)16-7-9-22-10-8-16/h3-10,15H,11-14H2,1-2H3,(H,23,24,25). The third kappa shape index (κ3) is 4.07. The van der Waals surface area contributed by atoms with Crippen molar-refractivity contribution >= 4 is 16.7 Å². The molecule has 1 N–H and O–H groups in total. The predicted octanol–water partition coefficient (Wildman–Crippen LogP) is 3.89. The van der Waals surface area contributed by atoms with Crippen LogP contribution in [0.5, 0.6) is 0 Å². The minimum atomic E-state index is -0.475. The summed E-state index contributed by atoms with van der Waals surface area (Å²) < 4.78 is 11.5. The van der Waals surface area contributed by atoms with Gasteiger partial charge in [0.05, 0.1) is 18.7 Å². The lowest BCUT2D eigenvalue weighted by Gasteiger charge is -2.26. The van der Waals surface area contributed by atoms with Crippen molar-refractivity contribution in [3.8, 4) is 11.4 Å². The van der Waals surface area contributed by atoms with Gasteiger partial charge in [-0.1, -0.05) is 19.1 Å². The van der Waals surface area contributed by atoms with Crippen molar-refractivity contribution in [1.29, 1.82) is 0 Å². The third-order valence-electron chi connectivity index (χ3n) is 4.78. The number of benzene rings is 1. The number of nitrogens with zero attached hydrogens (tertiary/aromatic N) is 3. The maximum Gasteiger partial charge on any atom is 0.166 e. The molecule has 3 aromatic rings. The molecule has 6 nitrogen and oxygen atoms in total. The van der Waals surface area contributed by atoms with Crippen LogP contribution >= 0.6 is 0 Å². The van der Waals surface area contributed by atoms with Gasteiger partial charge in [-0.3, -0.25) is 4.98 Å². The second kappa shape index (κ2) is 7.58. The Morgan fingerprint density at radius 3 is 2.59 bits per heavy atom. The number of anilines is 1. The van der Waals surface area contributed by atoms with Crippen LogP contribution in [0.2, 0.25) is 0 Å². The van der Waals surface area contributed by atoms with E-state index in [1.54, 1.807) is 12.4 Å². The molecule has 0 aliphatic carbocycles.